The van der Waals surface area contributed by atoms with Gasteiger partial charge in [-0.3, -0.25) is 13.9 Å². The number of aryl methyl sites for hydroxylation is 2. The van der Waals surface area contributed by atoms with E-state index in [-0.39, 0.29) is 31.3 Å². The molecule has 1 N–H and O–H groups in total. The van der Waals surface area contributed by atoms with Gasteiger partial charge in [-0.1, -0.05) is 25.1 Å². The zero-order valence-electron chi connectivity index (χ0n) is 22.2. The lowest BCUT2D eigenvalue weighted by molar-refractivity contribution is -0.141. The summed E-state index contributed by atoms with van der Waals surface area (Å²) >= 11 is 0. The first kappa shape index (κ1) is 29.2. The number of likely N-dealkylation sites (N-methyl/N-ethyl adjacent to an activating group) is 1. The molecule has 0 aliphatic carbocycles. The van der Waals surface area contributed by atoms with Crippen LogP contribution in [0.15, 0.2) is 42.5 Å². The number of rotatable bonds is 13. The highest BCUT2D eigenvalue weighted by Crippen LogP contribution is 2.23. The van der Waals surface area contributed by atoms with E-state index >= 15 is 0 Å². The molecule has 0 bridgehead atoms. The van der Waals surface area contributed by atoms with Crippen molar-refractivity contribution in [3.05, 3.63) is 59.2 Å². The van der Waals surface area contributed by atoms with Gasteiger partial charge in [-0.25, -0.2) is 8.42 Å². The number of nitrogens with one attached hydrogen (secondary N) is 1. The van der Waals surface area contributed by atoms with E-state index in [0.717, 1.165) is 16.7 Å². The van der Waals surface area contributed by atoms with Gasteiger partial charge in [-0.2, -0.15) is 0 Å². The molecule has 0 saturated heterocycles. The van der Waals surface area contributed by atoms with Gasteiger partial charge in [0.2, 0.25) is 21.8 Å². The summed E-state index contributed by atoms with van der Waals surface area (Å²) in [4.78, 5) is 27.8. The van der Waals surface area contributed by atoms with Gasteiger partial charge < -0.3 is 15.0 Å². The highest BCUT2D eigenvalue weighted by atomic mass is 32.2. The zero-order valence-corrected chi connectivity index (χ0v) is 23.0. The van der Waals surface area contributed by atoms with Crippen LogP contribution in [-0.4, -0.2) is 57.6 Å². The Morgan fingerprint density at radius 2 is 1.72 bits per heavy atom. The third-order valence-corrected chi connectivity index (χ3v) is 7.06. The molecular weight excluding hydrogens is 478 g/mol. The number of ether oxygens (including phenoxy) is 1. The third kappa shape index (κ3) is 8.26. The van der Waals surface area contributed by atoms with E-state index < -0.39 is 16.1 Å². The molecular formula is C27H39N3O5S. The fourth-order valence-electron chi connectivity index (χ4n) is 4.28. The fourth-order valence-corrected chi connectivity index (χ4v) is 5.23. The lowest BCUT2D eigenvalue weighted by Gasteiger charge is -2.31. The number of hydrogen-bond acceptors (Lipinski definition) is 5. The van der Waals surface area contributed by atoms with E-state index in [0.29, 0.717) is 30.8 Å². The normalized spacial score (nSPS) is 12.1. The van der Waals surface area contributed by atoms with E-state index in [1.54, 1.807) is 12.0 Å². The molecule has 2 aromatic rings. The number of methoxy groups -OCH3 is 1. The van der Waals surface area contributed by atoms with E-state index in [4.69, 9.17) is 4.74 Å². The molecule has 2 amide bonds. The van der Waals surface area contributed by atoms with Gasteiger partial charge in [0.1, 0.15) is 11.8 Å². The second-order valence-electron chi connectivity index (χ2n) is 8.98. The van der Waals surface area contributed by atoms with E-state index in [1.807, 2.05) is 70.2 Å². The van der Waals surface area contributed by atoms with Crippen LogP contribution >= 0.6 is 0 Å². The summed E-state index contributed by atoms with van der Waals surface area (Å²) in [7, 11) is -1.96. The van der Waals surface area contributed by atoms with Crippen LogP contribution in [0.3, 0.4) is 0 Å². The van der Waals surface area contributed by atoms with Gasteiger partial charge in [0.05, 0.1) is 19.1 Å². The number of carbonyl (C=O) groups is 2. The molecule has 1 atom stereocenters. The summed E-state index contributed by atoms with van der Waals surface area (Å²) in [5, 5.41) is 2.82. The first-order valence-electron chi connectivity index (χ1n) is 12.3. The number of anilines is 1. The number of sulfonamides is 1. The van der Waals surface area contributed by atoms with Crippen LogP contribution in [0.5, 0.6) is 5.75 Å². The Morgan fingerprint density at radius 3 is 2.28 bits per heavy atom. The summed E-state index contributed by atoms with van der Waals surface area (Å²) in [6, 6.07) is 12.4. The second kappa shape index (κ2) is 13.3. The predicted octanol–water partition coefficient (Wildman–Crippen LogP) is 3.80. The van der Waals surface area contributed by atoms with Crippen LogP contribution in [0.4, 0.5) is 5.69 Å². The first-order valence-corrected chi connectivity index (χ1v) is 14.1. The van der Waals surface area contributed by atoms with Gasteiger partial charge in [0, 0.05) is 26.1 Å². The summed E-state index contributed by atoms with van der Waals surface area (Å²) in [6.45, 7) is 8.43. The second-order valence-corrected chi connectivity index (χ2v) is 10.9. The Kier molecular flexibility index (Phi) is 10.8. The van der Waals surface area contributed by atoms with Crippen LogP contribution in [0.2, 0.25) is 0 Å². The van der Waals surface area contributed by atoms with Crippen molar-refractivity contribution >= 4 is 27.5 Å². The van der Waals surface area contributed by atoms with Crippen LogP contribution < -0.4 is 14.4 Å². The fraction of sp³-hybridized carbons (Fsp3) is 0.481. The van der Waals surface area contributed by atoms with Crippen LogP contribution in [0, 0.1) is 13.8 Å². The molecule has 0 fully saturated rings. The van der Waals surface area contributed by atoms with Gasteiger partial charge in [-0.05, 0) is 74.6 Å². The molecule has 36 heavy (non-hydrogen) atoms. The van der Waals surface area contributed by atoms with Gasteiger partial charge in [-0.15, -0.1) is 0 Å². The minimum atomic E-state index is -3.54. The van der Waals surface area contributed by atoms with E-state index in [1.165, 1.54) is 10.6 Å². The molecule has 8 nitrogen and oxygen atoms in total. The first-order chi connectivity index (χ1) is 17.0. The van der Waals surface area contributed by atoms with Crippen molar-refractivity contribution in [3.8, 4) is 5.75 Å². The molecule has 2 aromatic carbocycles. The molecule has 2 rings (SSSR count). The Hall–Kier alpha value is -3.07. The Balaban J connectivity index is 2.24. The van der Waals surface area contributed by atoms with Crippen molar-refractivity contribution < 1.29 is 22.7 Å². The molecule has 198 valence electrons. The monoisotopic (exact) mass is 517 g/mol. The molecule has 0 spiro atoms. The number of amides is 2. The van der Waals surface area contributed by atoms with Crippen molar-refractivity contribution in [1.82, 2.24) is 10.2 Å². The average molecular weight is 518 g/mol. The van der Waals surface area contributed by atoms with Gasteiger partial charge in [0.15, 0.2) is 0 Å². The highest BCUT2D eigenvalue weighted by Gasteiger charge is 2.28. The van der Waals surface area contributed by atoms with E-state index in [2.05, 4.69) is 5.32 Å². The van der Waals surface area contributed by atoms with Crippen molar-refractivity contribution in [1.29, 1.82) is 0 Å². The number of nitrogens with zero attached hydrogens (tertiary/aromatic N) is 2. The molecule has 0 unspecified atom stereocenters. The van der Waals surface area contributed by atoms with Crippen LogP contribution in [-0.2, 0) is 26.2 Å². The smallest absolute Gasteiger partial charge is 0.242 e. The standard InChI is InChI=1S/C27H39N3O5S/c1-7-25(27(32)28-8-2)29(19-22-11-9-12-24(18-22)35-5)26(31)13-10-14-30(36(6,33)34)23-16-20(3)15-21(4)17-23/h9,11-12,15-18,25H,7-8,10,13-14,19H2,1-6H3,(H,28,32)/t25-/m0/s1. The van der Waals surface area contributed by atoms with Crippen LogP contribution in [0.1, 0.15) is 49.8 Å². The van der Waals surface area contributed by atoms with E-state index in [9.17, 15) is 18.0 Å². The molecule has 0 heterocycles. The maximum atomic E-state index is 13.4. The van der Waals surface area contributed by atoms with Crippen LogP contribution in [0.25, 0.3) is 0 Å². The van der Waals surface area contributed by atoms with Crippen molar-refractivity contribution in [2.45, 2.75) is 59.5 Å². The summed E-state index contributed by atoms with van der Waals surface area (Å²) in [5.41, 5.74) is 3.36. The van der Waals surface area contributed by atoms with Crippen molar-refractivity contribution in [2.75, 3.05) is 30.8 Å². The Morgan fingerprint density at radius 1 is 1.06 bits per heavy atom. The molecule has 0 saturated carbocycles. The van der Waals surface area contributed by atoms with Crippen molar-refractivity contribution in [2.24, 2.45) is 0 Å². The topological polar surface area (TPSA) is 96.0 Å². The van der Waals surface area contributed by atoms with Gasteiger partial charge in [0.25, 0.3) is 0 Å². The number of benzene rings is 2. The quantitative estimate of drug-likeness (QED) is 0.436. The summed E-state index contributed by atoms with van der Waals surface area (Å²) < 4.78 is 31.7. The zero-order chi connectivity index (χ0) is 26.9. The maximum absolute atomic E-state index is 13.4. The molecule has 0 aliphatic heterocycles. The summed E-state index contributed by atoms with van der Waals surface area (Å²) in [5.74, 6) is 0.261. The third-order valence-electron chi connectivity index (χ3n) is 5.87. The van der Waals surface area contributed by atoms with Gasteiger partial charge >= 0.3 is 0 Å². The predicted molar refractivity (Wildman–Crippen MR) is 144 cm³/mol. The number of carbonyl (C=O) groups excluding carboxylic acids is 2. The molecule has 0 radical (unpaired) electrons. The lowest BCUT2D eigenvalue weighted by atomic mass is 10.1. The number of hydrogen-bond donors (Lipinski definition) is 1. The Labute approximate surface area is 215 Å². The average Bonchev–Trinajstić information content (AvgIpc) is 2.80. The largest absolute Gasteiger partial charge is 0.497 e. The minimum absolute atomic E-state index is 0.108. The lowest BCUT2D eigenvalue weighted by Crippen LogP contribution is -2.49. The molecule has 9 heteroatoms. The minimum Gasteiger partial charge on any atom is -0.497 e. The SMILES string of the molecule is CCNC(=O)[C@H](CC)N(Cc1cccc(OC)c1)C(=O)CCCN(c1cc(C)cc(C)c1)S(C)(=O)=O. The maximum Gasteiger partial charge on any atom is 0.242 e. The molecule has 0 aliphatic rings. The molecule has 0 aromatic heterocycles. The Bertz CT molecular complexity index is 1130. The van der Waals surface area contributed by atoms with Crippen molar-refractivity contribution in [3.63, 3.8) is 0 Å². The highest BCUT2D eigenvalue weighted by molar-refractivity contribution is 7.92. The summed E-state index contributed by atoms with van der Waals surface area (Å²) in [6.07, 6.45) is 2.05.